The maximum absolute atomic E-state index is 13.5. The molecule has 3 heteroatoms. The molecule has 0 aliphatic rings. The van der Waals surface area contributed by atoms with E-state index >= 15 is 0 Å². The molecule has 0 aromatic heterocycles. The van der Waals surface area contributed by atoms with Gasteiger partial charge in [0.1, 0.15) is 5.82 Å². The number of nitrogen functional groups attached to an aromatic ring is 1. The van der Waals surface area contributed by atoms with E-state index in [1.807, 2.05) is 31.2 Å². The predicted molar refractivity (Wildman–Crippen MR) is 66.1 cm³/mol. The minimum absolute atomic E-state index is 0.272. The predicted octanol–water partition coefficient (Wildman–Crippen LogP) is 3.87. The van der Waals surface area contributed by atoms with Gasteiger partial charge in [-0.2, -0.15) is 0 Å². The Labute approximate surface area is 98.5 Å². The molecule has 0 saturated carbocycles. The summed E-state index contributed by atoms with van der Waals surface area (Å²) in [5.41, 5.74) is 7.11. The van der Waals surface area contributed by atoms with Gasteiger partial charge < -0.3 is 5.73 Å². The van der Waals surface area contributed by atoms with E-state index < -0.39 is 0 Å². The monoisotopic (exact) mass is 233 g/mol. The van der Waals surface area contributed by atoms with E-state index in [1.165, 1.54) is 23.4 Å². The molecule has 2 aromatic carbocycles. The molecule has 0 atom stereocenters. The Kier molecular flexibility index (Phi) is 3.15. The van der Waals surface area contributed by atoms with Crippen molar-refractivity contribution in [3.8, 4) is 0 Å². The van der Waals surface area contributed by atoms with Crippen LogP contribution in [0.25, 0.3) is 0 Å². The van der Waals surface area contributed by atoms with E-state index in [0.29, 0.717) is 10.6 Å². The lowest BCUT2D eigenvalue weighted by Crippen LogP contribution is -1.87. The average Bonchev–Trinajstić information content (AvgIpc) is 2.22. The zero-order valence-corrected chi connectivity index (χ0v) is 9.72. The van der Waals surface area contributed by atoms with Gasteiger partial charge in [-0.3, -0.25) is 0 Å². The third-order valence-corrected chi connectivity index (χ3v) is 3.21. The lowest BCUT2D eigenvalue weighted by atomic mass is 10.2. The zero-order valence-electron chi connectivity index (χ0n) is 8.91. The first-order valence-electron chi connectivity index (χ1n) is 4.95. The first-order valence-corrected chi connectivity index (χ1v) is 5.76. The summed E-state index contributed by atoms with van der Waals surface area (Å²) in [6, 6.07) is 12.7. The van der Waals surface area contributed by atoms with Crippen molar-refractivity contribution in [3.05, 3.63) is 53.8 Å². The van der Waals surface area contributed by atoms with Gasteiger partial charge >= 0.3 is 0 Å². The molecule has 0 aliphatic heterocycles. The van der Waals surface area contributed by atoms with Crippen LogP contribution in [-0.4, -0.2) is 0 Å². The third-order valence-electron chi connectivity index (χ3n) is 2.17. The smallest absolute Gasteiger partial charge is 0.139 e. The van der Waals surface area contributed by atoms with Crippen molar-refractivity contribution in [2.75, 3.05) is 5.73 Å². The van der Waals surface area contributed by atoms with Gasteiger partial charge in [-0.1, -0.05) is 29.5 Å². The summed E-state index contributed by atoms with van der Waals surface area (Å²) in [4.78, 5) is 1.63. The number of nitrogens with two attached hydrogens (primary N) is 1. The summed E-state index contributed by atoms with van der Waals surface area (Å²) in [6.07, 6.45) is 0. The van der Waals surface area contributed by atoms with Crippen molar-refractivity contribution < 1.29 is 4.39 Å². The number of halogens is 1. The Morgan fingerprint density at radius 3 is 2.62 bits per heavy atom. The molecule has 1 nitrogen and oxygen atoms in total. The highest BCUT2D eigenvalue weighted by atomic mass is 32.2. The molecule has 2 N–H and O–H groups in total. The fourth-order valence-electron chi connectivity index (χ4n) is 1.41. The number of rotatable bonds is 2. The van der Waals surface area contributed by atoms with Gasteiger partial charge in [0.15, 0.2) is 0 Å². The van der Waals surface area contributed by atoms with Crippen molar-refractivity contribution in [2.24, 2.45) is 0 Å². The van der Waals surface area contributed by atoms with Crippen molar-refractivity contribution in [1.82, 2.24) is 0 Å². The molecule has 0 bridgehead atoms. The van der Waals surface area contributed by atoms with Crippen LogP contribution in [0.4, 0.5) is 10.1 Å². The van der Waals surface area contributed by atoms with Crippen molar-refractivity contribution in [3.63, 3.8) is 0 Å². The fourth-order valence-corrected chi connectivity index (χ4v) is 2.34. The Morgan fingerprint density at radius 2 is 1.94 bits per heavy atom. The molecule has 82 valence electrons. The summed E-state index contributed by atoms with van der Waals surface area (Å²) in [6.45, 7) is 2.02. The molecule has 0 aliphatic carbocycles. The lowest BCUT2D eigenvalue weighted by molar-refractivity contribution is 0.603. The van der Waals surface area contributed by atoms with Gasteiger partial charge in [-0.25, -0.2) is 4.39 Å². The van der Waals surface area contributed by atoms with E-state index in [2.05, 4.69) is 0 Å². The highest BCUT2D eigenvalue weighted by Crippen LogP contribution is 2.30. The second kappa shape index (κ2) is 4.58. The molecule has 0 saturated heterocycles. The maximum Gasteiger partial charge on any atom is 0.139 e. The van der Waals surface area contributed by atoms with Gasteiger partial charge in [0.2, 0.25) is 0 Å². The van der Waals surface area contributed by atoms with Crippen LogP contribution in [0.5, 0.6) is 0 Å². The molecule has 0 unspecified atom stereocenters. The van der Waals surface area contributed by atoms with Crippen LogP contribution in [0.2, 0.25) is 0 Å². The van der Waals surface area contributed by atoms with E-state index in [-0.39, 0.29) is 5.82 Å². The molecule has 0 heterocycles. The van der Waals surface area contributed by atoms with Crippen LogP contribution in [0.3, 0.4) is 0 Å². The zero-order chi connectivity index (χ0) is 11.5. The van der Waals surface area contributed by atoms with E-state index in [0.717, 1.165) is 4.90 Å². The Morgan fingerprint density at radius 1 is 1.12 bits per heavy atom. The van der Waals surface area contributed by atoms with Crippen LogP contribution in [0.1, 0.15) is 5.56 Å². The van der Waals surface area contributed by atoms with Crippen LogP contribution in [-0.2, 0) is 0 Å². The molecule has 2 rings (SSSR count). The highest BCUT2D eigenvalue weighted by molar-refractivity contribution is 7.99. The molecule has 0 amide bonds. The third kappa shape index (κ3) is 2.55. The second-order valence-electron chi connectivity index (χ2n) is 3.61. The lowest BCUT2D eigenvalue weighted by Gasteiger charge is -2.04. The molecular weight excluding hydrogens is 221 g/mol. The molecule has 2 aromatic rings. The number of benzene rings is 2. The van der Waals surface area contributed by atoms with Gasteiger partial charge in [-0.05, 0) is 37.3 Å². The van der Waals surface area contributed by atoms with Crippen molar-refractivity contribution in [1.29, 1.82) is 0 Å². The minimum atomic E-state index is -0.272. The minimum Gasteiger partial charge on any atom is -0.399 e. The number of hydrogen-bond donors (Lipinski definition) is 1. The Bertz CT molecular complexity index is 511. The van der Waals surface area contributed by atoms with Crippen LogP contribution >= 0.6 is 11.8 Å². The van der Waals surface area contributed by atoms with Gasteiger partial charge in [-0.15, -0.1) is 0 Å². The van der Waals surface area contributed by atoms with Gasteiger partial charge in [0.25, 0.3) is 0 Å². The molecule has 16 heavy (non-hydrogen) atoms. The SMILES string of the molecule is Cc1cccc(Sc2ccc(N)cc2F)c1. The maximum atomic E-state index is 13.5. The van der Waals surface area contributed by atoms with Crippen LogP contribution in [0.15, 0.2) is 52.3 Å². The fraction of sp³-hybridized carbons (Fsp3) is 0.0769. The normalized spacial score (nSPS) is 10.4. The van der Waals surface area contributed by atoms with E-state index in [1.54, 1.807) is 12.1 Å². The summed E-state index contributed by atoms with van der Waals surface area (Å²) < 4.78 is 13.5. The molecule has 0 radical (unpaired) electrons. The first kappa shape index (κ1) is 11.0. The summed E-state index contributed by atoms with van der Waals surface area (Å²) >= 11 is 1.41. The number of hydrogen-bond acceptors (Lipinski definition) is 2. The van der Waals surface area contributed by atoms with Gasteiger partial charge in [0, 0.05) is 15.5 Å². The first-order chi connectivity index (χ1) is 7.65. The average molecular weight is 233 g/mol. The standard InChI is InChI=1S/C13H12FNS/c1-9-3-2-4-11(7-9)16-13-6-5-10(15)8-12(13)14/h2-8H,15H2,1H3. The Hall–Kier alpha value is -1.48. The van der Waals surface area contributed by atoms with Crippen LogP contribution in [0, 0.1) is 12.7 Å². The van der Waals surface area contributed by atoms with Crippen molar-refractivity contribution >= 4 is 17.4 Å². The number of anilines is 1. The van der Waals surface area contributed by atoms with Crippen LogP contribution < -0.4 is 5.73 Å². The highest BCUT2D eigenvalue weighted by Gasteiger charge is 2.04. The van der Waals surface area contributed by atoms with E-state index in [9.17, 15) is 4.39 Å². The Balaban J connectivity index is 2.27. The quantitative estimate of drug-likeness (QED) is 0.797. The van der Waals surface area contributed by atoms with E-state index in [4.69, 9.17) is 5.73 Å². The topological polar surface area (TPSA) is 26.0 Å². The van der Waals surface area contributed by atoms with Gasteiger partial charge in [0.05, 0.1) is 0 Å². The molecule has 0 fully saturated rings. The second-order valence-corrected chi connectivity index (χ2v) is 4.72. The summed E-state index contributed by atoms with van der Waals surface area (Å²) in [5, 5.41) is 0. The molecule has 0 spiro atoms. The number of aryl methyl sites for hydroxylation is 1. The largest absolute Gasteiger partial charge is 0.399 e. The summed E-state index contributed by atoms with van der Waals surface area (Å²) in [5.74, 6) is -0.272. The van der Waals surface area contributed by atoms with Crippen molar-refractivity contribution in [2.45, 2.75) is 16.7 Å². The molecular formula is C13H12FNS. The summed E-state index contributed by atoms with van der Waals surface area (Å²) in [7, 11) is 0.